The van der Waals surface area contributed by atoms with Gasteiger partial charge in [0.25, 0.3) is 11.8 Å². The molecule has 1 aromatic rings. The normalized spacial score (nSPS) is 22.3. The number of rotatable bonds is 5. The third kappa shape index (κ3) is 3.05. The first-order chi connectivity index (χ1) is 12.3. The third-order valence-corrected chi connectivity index (χ3v) is 5.61. The molecular formula is C14H13FN4O5S2. The molecule has 1 aromatic heterocycles. The predicted octanol–water partition coefficient (Wildman–Crippen LogP) is 0.310. The Morgan fingerprint density at radius 3 is 2.85 bits per heavy atom. The molecule has 2 aliphatic heterocycles. The molecule has 0 radical (unpaired) electrons. The summed E-state index contributed by atoms with van der Waals surface area (Å²) >= 11 is 2.06. The van der Waals surface area contributed by atoms with E-state index >= 15 is 0 Å². The molecule has 2 aliphatic rings. The molecular weight excluding hydrogens is 387 g/mol. The van der Waals surface area contributed by atoms with Gasteiger partial charge in [-0.3, -0.25) is 14.5 Å². The number of carbonyl (C=O) groups excluding carboxylic acids is 2. The zero-order valence-corrected chi connectivity index (χ0v) is 15.2. The van der Waals surface area contributed by atoms with Crippen molar-refractivity contribution in [3.63, 3.8) is 0 Å². The highest BCUT2D eigenvalue weighted by Gasteiger charge is 2.53. The highest BCUT2D eigenvalue weighted by atomic mass is 32.2. The van der Waals surface area contributed by atoms with Crippen LogP contribution < -0.4 is 5.32 Å². The number of nitrogens with zero attached hydrogens (tertiary/aromatic N) is 3. The number of aliphatic carboxylic acids is 1. The Kier molecular flexibility index (Phi) is 4.96. The van der Waals surface area contributed by atoms with Gasteiger partial charge in [0.2, 0.25) is 5.13 Å². The Bertz CT molecular complexity index is 852. The zero-order chi connectivity index (χ0) is 19.0. The van der Waals surface area contributed by atoms with Crippen LogP contribution in [0.3, 0.4) is 0 Å². The summed E-state index contributed by atoms with van der Waals surface area (Å²) in [5, 5.41) is 14.3. The molecule has 9 nitrogen and oxygen atoms in total. The predicted molar refractivity (Wildman–Crippen MR) is 91.1 cm³/mol. The number of thioether (sulfide) groups is 1. The number of oxime groups is 1. The molecule has 1 fully saturated rings. The first-order valence-corrected chi connectivity index (χ1v) is 9.15. The van der Waals surface area contributed by atoms with Gasteiger partial charge in [0.05, 0.1) is 5.01 Å². The van der Waals surface area contributed by atoms with Crippen molar-refractivity contribution in [1.29, 1.82) is 0 Å². The van der Waals surface area contributed by atoms with Crippen LogP contribution >= 0.6 is 23.1 Å². The summed E-state index contributed by atoms with van der Waals surface area (Å²) in [4.78, 5) is 45.6. The number of aryl methyl sites for hydroxylation is 1. The smallest absolute Gasteiger partial charge is 0.352 e. The lowest BCUT2D eigenvalue weighted by atomic mass is 10.0. The molecule has 0 spiro atoms. The number of aromatic nitrogens is 1. The minimum absolute atomic E-state index is 0.115. The van der Waals surface area contributed by atoms with E-state index in [9.17, 15) is 18.8 Å². The van der Waals surface area contributed by atoms with Crippen molar-refractivity contribution in [1.82, 2.24) is 15.2 Å². The Hall–Kier alpha value is -2.47. The maximum Gasteiger partial charge on any atom is 0.352 e. The molecule has 1 saturated heterocycles. The summed E-state index contributed by atoms with van der Waals surface area (Å²) < 4.78 is 14.0. The van der Waals surface area contributed by atoms with Gasteiger partial charge in [-0.1, -0.05) is 16.5 Å². The number of amides is 2. The minimum atomic E-state index is -1.21. The lowest BCUT2D eigenvalue weighted by Crippen LogP contribution is -2.70. The van der Waals surface area contributed by atoms with Gasteiger partial charge in [0, 0.05) is 5.75 Å². The molecule has 0 aromatic carbocycles. The summed E-state index contributed by atoms with van der Waals surface area (Å²) in [5.41, 5.74) is -0.774. The third-order valence-electron chi connectivity index (χ3n) is 3.67. The molecule has 12 heteroatoms. The summed E-state index contributed by atoms with van der Waals surface area (Å²) in [6.45, 7) is 1.57. The Labute approximate surface area is 154 Å². The minimum Gasteiger partial charge on any atom is -0.477 e. The van der Waals surface area contributed by atoms with Gasteiger partial charge in [0.15, 0.2) is 5.71 Å². The standard InChI is InChI=1S/C14H13FN4O5S2/c1-5-16-7(10(15)26-5)8(18-24-2)11(20)17-9-12(21)19-6(14(22)23)3-4-25-13(9)19/h3,9,13H,4H2,1-2H3,(H,17,20)(H,22,23)/b18-8-/t9-,13-/m1/s1. The topological polar surface area (TPSA) is 121 Å². The van der Waals surface area contributed by atoms with E-state index in [1.54, 1.807) is 6.92 Å². The second-order valence-electron chi connectivity index (χ2n) is 5.26. The Balaban J connectivity index is 1.79. The first-order valence-electron chi connectivity index (χ1n) is 7.28. The number of carbonyl (C=O) groups is 3. The molecule has 0 aliphatic carbocycles. The van der Waals surface area contributed by atoms with Crippen molar-refractivity contribution in [3.8, 4) is 0 Å². The van der Waals surface area contributed by atoms with Gasteiger partial charge in [0.1, 0.15) is 29.9 Å². The monoisotopic (exact) mass is 400 g/mol. The molecule has 0 saturated carbocycles. The van der Waals surface area contributed by atoms with Crippen molar-refractivity contribution in [2.45, 2.75) is 18.3 Å². The fraction of sp³-hybridized carbons (Fsp3) is 0.357. The van der Waals surface area contributed by atoms with Crippen molar-refractivity contribution < 1.29 is 28.7 Å². The average Bonchev–Trinajstić information content (AvgIpc) is 2.94. The van der Waals surface area contributed by atoms with Crippen LogP contribution in [0.25, 0.3) is 0 Å². The van der Waals surface area contributed by atoms with Crippen LogP contribution in [0.1, 0.15) is 10.7 Å². The lowest BCUT2D eigenvalue weighted by molar-refractivity contribution is -0.150. The van der Waals surface area contributed by atoms with E-state index in [1.807, 2.05) is 0 Å². The van der Waals surface area contributed by atoms with E-state index < -0.39 is 40.0 Å². The average molecular weight is 400 g/mol. The quantitative estimate of drug-likeness (QED) is 0.414. The summed E-state index contributed by atoms with van der Waals surface area (Å²) in [6, 6.07) is -0.944. The lowest BCUT2D eigenvalue weighted by Gasteiger charge is -2.48. The van der Waals surface area contributed by atoms with Gasteiger partial charge in [-0.2, -0.15) is 4.39 Å². The van der Waals surface area contributed by atoms with E-state index in [2.05, 4.69) is 20.3 Å². The highest BCUT2D eigenvalue weighted by molar-refractivity contribution is 8.00. The second kappa shape index (κ2) is 7.03. The van der Waals surface area contributed by atoms with E-state index in [0.29, 0.717) is 10.8 Å². The fourth-order valence-electron chi connectivity index (χ4n) is 2.58. The van der Waals surface area contributed by atoms with Crippen molar-refractivity contribution in [2.24, 2.45) is 5.16 Å². The zero-order valence-electron chi connectivity index (χ0n) is 13.6. The number of fused-ring (bicyclic) bond motifs is 1. The maximum atomic E-state index is 14.0. The van der Waals surface area contributed by atoms with Gasteiger partial charge in [-0.05, 0) is 13.0 Å². The van der Waals surface area contributed by atoms with Crippen LogP contribution in [0.4, 0.5) is 4.39 Å². The van der Waals surface area contributed by atoms with E-state index in [4.69, 9.17) is 5.11 Å². The van der Waals surface area contributed by atoms with Crippen LogP contribution in [0, 0.1) is 12.1 Å². The summed E-state index contributed by atoms with van der Waals surface area (Å²) in [6.07, 6.45) is 1.44. The number of thiazole rings is 1. The number of nitrogens with one attached hydrogen (secondary N) is 1. The molecule has 2 atom stereocenters. The van der Waals surface area contributed by atoms with E-state index in [1.165, 1.54) is 24.9 Å². The van der Waals surface area contributed by atoms with Crippen LogP contribution in [0.2, 0.25) is 0 Å². The Morgan fingerprint density at radius 2 is 2.27 bits per heavy atom. The van der Waals surface area contributed by atoms with Crippen LogP contribution in [0.15, 0.2) is 16.9 Å². The molecule has 26 heavy (non-hydrogen) atoms. The van der Waals surface area contributed by atoms with Gasteiger partial charge >= 0.3 is 5.97 Å². The van der Waals surface area contributed by atoms with Crippen molar-refractivity contribution in [3.05, 3.63) is 27.6 Å². The molecule has 2 amide bonds. The summed E-state index contributed by atoms with van der Waals surface area (Å²) in [7, 11) is 1.20. The molecule has 0 unspecified atom stereocenters. The number of carboxylic acid groups (broad SMARTS) is 1. The maximum absolute atomic E-state index is 14.0. The van der Waals surface area contributed by atoms with Crippen LogP contribution in [-0.4, -0.2) is 62.8 Å². The SMILES string of the molecule is CO/N=C(\C(=O)N[C@@H]1C(=O)N2C(C(=O)O)=CCS[C@H]12)c1nc(C)sc1F. The molecule has 3 rings (SSSR count). The number of halogens is 1. The fourth-order valence-corrected chi connectivity index (χ4v) is 4.41. The number of hydrogen-bond acceptors (Lipinski definition) is 8. The molecule has 0 bridgehead atoms. The van der Waals surface area contributed by atoms with Crippen molar-refractivity contribution >= 4 is 46.6 Å². The van der Waals surface area contributed by atoms with E-state index in [0.717, 1.165) is 16.2 Å². The van der Waals surface area contributed by atoms with Gasteiger partial charge < -0.3 is 15.3 Å². The van der Waals surface area contributed by atoms with Crippen LogP contribution in [-0.2, 0) is 19.2 Å². The van der Waals surface area contributed by atoms with Crippen LogP contribution in [0.5, 0.6) is 0 Å². The molecule has 3 heterocycles. The number of carboxylic acids is 1. The molecule has 138 valence electrons. The first kappa shape index (κ1) is 18.3. The molecule has 2 N–H and O–H groups in total. The highest BCUT2D eigenvalue weighted by Crippen LogP contribution is 2.37. The van der Waals surface area contributed by atoms with E-state index in [-0.39, 0.29) is 11.4 Å². The second-order valence-corrected chi connectivity index (χ2v) is 7.56. The van der Waals surface area contributed by atoms with Crippen molar-refractivity contribution in [2.75, 3.05) is 12.9 Å². The summed E-state index contributed by atoms with van der Waals surface area (Å²) in [5.74, 6) is -2.21. The van der Waals surface area contributed by atoms with Gasteiger partial charge in [-0.15, -0.1) is 11.8 Å². The number of hydrogen-bond donors (Lipinski definition) is 2. The largest absolute Gasteiger partial charge is 0.477 e. The number of β-lactam (4-membered cyclic amide) rings is 1. The van der Waals surface area contributed by atoms with Gasteiger partial charge in [-0.25, -0.2) is 9.78 Å². The Morgan fingerprint density at radius 1 is 1.54 bits per heavy atom.